The van der Waals surface area contributed by atoms with Gasteiger partial charge in [0.05, 0.1) is 0 Å². The highest BCUT2D eigenvalue weighted by Gasteiger charge is 2.53. The zero-order valence-electron chi connectivity index (χ0n) is 19.3. The molecule has 166 valence electrons. The topological polar surface area (TPSA) is 78.5 Å². The van der Waals surface area contributed by atoms with Crippen molar-refractivity contribution in [3.05, 3.63) is 0 Å². The zero-order valence-corrected chi connectivity index (χ0v) is 19.3. The maximum absolute atomic E-state index is 13.0. The molecule has 1 unspecified atom stereocenters. The molecule has 4 amide bonds. The smallest absolute Gasteiger partial charge is 0.325 e. The minimum absolute atomic E-state index is 0.0442. The molecule has 2 fully saturated rings. The lowest BCUT2D eigenvalue weighted by Gasteiger charge is -2.42. The van der Waals surface area contributed by atoms with Crippen molar-refractivity contribution in [2.75, 3.05) is 6.54 Å². The first kappa shape index (κ1) is 23.7. The molecule has 29 heavy (non-hydrogen) atoms. The van der Waals surface area contributed by atoms with E-state index >= 15 is 0 Å². The molecule has 0 bridgehead atoms. The second-order valence-corrected chi connectivity index (χ2v) is 10.3. The molecule has 1 saturated carbocycles. The van der Waals surface area contributed by atoms with Crippen molar-refractivity contribution in [3.8, 4) is 0 Å². The molecule has 0 aromatic carbocycles. The SMILES string of the molecule is CCC(C)(C)C1CCC2(CC1)NC(=O)N(CC(=O)NC(C)CCCC(C)C)C2=O. The number of imide groups is 1. The van der Waals surface area contributed by atoms with Crippen molar-refractivity contribution >= 4 is 17.8 Å². The number of hydrogen-bond acceptors (Lipinski definition) is 3. The van der Waals surface area contributed by atoms with Crippen LogP contribution in [0.2, 0.25) is 0 Å². The standard InChI is InChI=1S/C23H41N3O3/c1-7-22(5,6)18-11-13-23(14-12-18)20(28)26(21(29)25-23)15-19(27)24-17(4)10-8-9-16(2)3/h16-18H,7-15H2,1-6H3,(H,24,27)(H,25,29). The highest BCUT2D eigenvalue weighted by atomic mass is 16.2. The van der Waals surface area contributed by atoms with Crippen LogP contribution in [0.1, 0.15) is 92.9 Å². The van der Waals surface area contributed by atoms with Crippen molar-refractivity contribution in [1.82, 2.24) is 15.5 Å². The molecule has 6 nitrogen and oxygen atoms in total. The van der Waals surface area contributed by atoms with Gasteiger partial charge in [-0.05, 0) is 56.3 Å². The number of hydrogen-bond donors (Lipinski definition) is 2. The molecule has 2 aliphatic rings. The number of carbonyl (C=O) groups is 3. The summed E-state index contributed by atoms with van der Waals surface area (Å²) in [6.45, 7) is 12.9. The Labute approximate surface area is 176 Å². The summed E-state index contributed by atoms with van der Waals surface area (Å²) in [6.07, 6.45) is 7.38. The summed E-state index contributed by atoms with van der Waals surface area (Å²) in [5.74, 6) is 0.728. The molecular weight excluding hydrogens is 366 g/mol. The quantitative estimate of drug-likeness (QED) is 0.561. The number of rotatable bonds is 9. The summed E-state index contributed by atoms with van der Waals surface area (Å²) < 4.78 is 0. The molecule has 0 radical (unpaired) electrons. The highest BCUT2D eigenvalue weighted by Crippen LogP contribution is 2.45. The lowest BCUT2D eigenvalue weighted by Crippen LogP contribution is -2.51. The van der Waals surface area contributed by atoms with Crippen LogP contribution in [0.3, 0.4) is 0 Å². The fraction of sp³-hybridized carbons (Fsp3) is 0.870. The van der Waals surface area contributed by atoms with Crippen LogP contribution in [-0.4, -0.2) is 40.9 Å². The lowest BCUT2D eigenvalue weighted by atomic mass is 9.65. The minimum atomic E-state index is -0.805. The van der Waals surface area contributed by atoms with E-state index in [1.54, 1.807) is 0 Å². The van der Waals surface area contributed by atoms with Gasteiger partial charge >= 0.3 is 6.03 Å². The van der Waals surface area contributed by atoms with E-state index in [0.717, 1.165) is 43.4 Å². The van der Waals surface area contributed by atoms with Crippen molar-refractivity contribution in [3.63, 3.8) is 0 Å². The number of carbonyl (C=O) groups excluding carboxylic acids is 3. The molecule has 0 aromatic rings. The molecule has 2 rings (SSSR count). The van der Waals surface area contributed by atoms with Gasteiger partial charge in [-0.15, -0.1) is 0 Å². The first-order valence-electron chi connectivity index (χ1n) is 11.4. The first-order chi connectivity index (χ1) is 13.5. The Morgan fingerprint density at radius 2 is 1.83 bits per heavy atom. The van der Waals surface area contributed by atoms with E-state index in [1.807, 2.05) is 6.92 Å². The monoisotopic (exact) mass is 407 g/mol. The second kappa shape index (κ2) is 9.48. The maximum Gasteiger partial charge on any atom is 0.325 e. The molecule has 0 aromatic heterocycles. The maximum atomic E-state index is 13.0. The van der Waals surface area contributed by atoms with Gasteiger partial charge in [-0.25, -0.2) is 4.79 Å². The number of amides is 4. The molecule has 1 aliphatic heterocycles. The van der Waals surface area contributed by atoms with Crippen LogP contribution in [0.25, 0.3) is 0 Å². The van der Waals surface area contributed by atoms with Gasteiger partial charge in [0.2, 0.25) is 5.91 Å². The first-order valence-corrected chi connectivity index (χ1v) is 11.4. The van der Waals surface area contributed by atoms with Crippen molar-refractivity contribution < 1.29 is 14.4 Å². The molecule has 1 saturated heterocycles. The summed E-state index contributed by atoms with van der Waals surface area (Å²) >= 11 is 0. The van der Waals surface area contributed by atoms with Crippen LogP contribution in [0.4, 0.5) is 4.79 Å². The van der Waals surface area contributed by atoms with Crippen molar-refractivity contribution in [1.29, 1.82) is 0 Å². The van der Waals surface area contributed by atoms with E-state index in [1.165, 1.54) is 0 Å². The minimum Gasteiger partial charge on any atom is -0.352 e. The lowest BCUT2D eigenvalue weighted by molar-refractivity contribution is -0.136. The van der Waals surface area contributed by atoms with E-state index < -0.39 is 11.6 Å². The Bertz CT molecular complexity index is 606. The average molecular weight is 408 g/mol. The van der Waals surface area contributed by atoms with Gasteiger partial charge in [-0.3, -0.25) is 14.5 Å². The summed E-state index contributed by atoms with van der Waals surface area (Å²) in [7, 11) is 0. The van der Waals surface area contributed by atoms with Gasteiger partial charge in [0, 0.05) is 6.04 Å². The fourth-order valence-corrected chi connectivity index (χ4v) is 4.71. The molecule has 1 spiro atoms. The Morgan fingerprint density at radius 3 is 2.38 bits per heavy atom. The number of nitrogens with zero attached hydrogens (tertiary/aromatic N) is 1. The van der Waals surface area contributed by atoms with Crippen molar-refractivity contribution in [2.24, 2.45) is 17.3 Å². The molecule has 6 heteroatoms. The van der Waals surface area contributed by atoms with Gasteiger partial charge in [0.15, 0.2) is 0 Å². The van der Waals surface area contributed by atoms with Crippen molar-refractivity contribution in [2.45, 2.75) is 104 Å². The molecule has 1 heterocycles. The highest BCUT2D eigenvalue weighted by molar-refractivity contribution is 6.09. The Balaban J connectivity index is 1.88. The van der Waals surface area contributed by atoms with Crippen LogP contribution >= 0.6 is 0 Å². The van der Waals surface area contributed by atoms with E-state index in [-0.39, 0.29) is 29.8 Å². The van der Waals surface area contributed by atoms with Gasteiger partial charge in [0.1, 0.15) is 12.1 Å². The van der Waals surface area contributed by atoms with E-state index in [4.69, 9.17) is 0 Å². The Hall–Kier alpha value is -1.59. The zero-order chi connectivity index (χ0) is 21.8. The normalized spacial score (nSPS) is 26.2. The second-order valence-electron chi connectivity index (χ2n) is 10.3. The van der Waals surface area contributed by atoms with Gasteiger partial charge in [0.25, 0.3) is 5.91 Å². The predicted octanol–water partition coefficient (Wildman–Crippen LogP) is 4.23. The molecule has 1 atom stereocenters. The summed E-state index contributed by atoms with van der Waals surface area (Å²) in [6, 6.07) is -0.381. The van der Waals surface area contributed by atoms with Crippen LogP contribution in [0, 0.1) is 17.3 Å². The Morgan fingerprint density at radius 1 is 1.21 bits per heavy atom. The molecular formula is C23H41N3O3. The van der Waals surface area contributed by atoms with Gasteiger partial charge in [-0.1, -0.05) is 53.9 Å². The van der Waals surface area contributed by atoms with E-state index in [9.17, 15) is 14.4 Å². The van der Waals surface area contributed by atoms with Crippen LogP contribution in [0.15, 0.2) is 0 Å². The summed E-state index contributed by atoms with van der Waals surface area (Å²) in [4.78, 5) is 39.0. The third-order valence-electron chi connectivity index (χ3n) is 7.23. The van der Waals surface area contributed by atoms with E-state index in [2.05, 4.69) is 45.3 Å². The van der Waals surface area contributed by atoms with Gasteiger partial charge in [-0.2, -0.15) is 0 Å². The fourth-order valence-electron chi connectivity index (χ4n) is 4.71. The third-order valence-corrected chi connectivity index (χ3v) is 7.23. The summed E-state index contributed by atoms with van der Waals surface area (Å²) in [5, 5.41) is 5.86. The molecule has 2 N–H and O–H groups in total. The summed E-state index contributed by atoms with van der Waals surface area (Å²) in [5.41, 5.74) is -0.556. The largest absolute Gasteiger partial charge is 0.352 e. The number of nitrogens with one attached hydrogen (secondary N) is 2. The van der Waals surface area contributed by atoms with E-state index in [0.29, 0.717) is 24.7 Å². The van der Waals surface area contributed by atoms with Crippen LogP contribution < -0.4 is 10.6 Å². The number of urea groups is 1. The van der Waals surface area contributed by atoms with Gasteiger partial charge < -0.3 is 10.6 Å². The van der Waals surface area contributed by atoms with Crippen LogP contribution in [0.5, 0.6) is 0 Å². The van der Waals surface area contributed by atoms with Crippen LogP contribution in [-0.2, 0) is 9.59 Å². The average Bonchev–Trinajstić information content (AvgIpc) is 2.86. The Kier molecular flexibility index (Phi) is 7.74. The predicted molar refractivity (Wildman–Crippen MR) is 115 cm³/mol. The third kappa shape index (κ3) is 5.73. The molecule has 1 aliphatic carbocycles.